The Morgan fingerprint density at radius 3 is 2.06 bits per heavy atom. The number of ether oxygens (including phenoxy) is 2. The lowest BCUT2D eigenvalue weighted by molar-refractivity contribution is 0.405. The number of azo groups is 2. The van der Waals surface area contributed by atoms with Crippen LogP contribution in [0.1, 0.15) is 11.4 Å². The molecule has 0 aliphatic rings. The summed E-state index contributed by atoms with van der Waals surface area (Å²) in [5.74, 6) is 0.731. The van der Waals surface area contributed by atoms with E-state index in [1.165, 1.54) is 32.4 Å². The molecule has 31 heavy (non-hydrogen) atoms. The number of aromatic nitrogens is 2. The lowest BCUT2D eigenvalue weighted by Crippen LogP contribution is -1.96. The minimum atomic E-state index is -4.34. The summed E-state index contributed by atoms with van der Waals surface area (Å²) in [6, 6.07) is 8.59. The van der Waals surface area contributed by atoms with Gasteiger partial charge in [0.1, 0.15) is 28.6 Å². The van der Waals surface area contributed by atoms with Gasteiger partial charge in [-0.2, -0.15) is 18.6 Å². The van der Waals surface area contributed by atoms with E-state index in [4.69, 9.17) is 9.47 Å². The summed E-state index contributed by atoms with van der Waals surface area (Å²) >= 11 is 0. The predicted molar refractivity (Wildman–Crippen MR) is 112 cm³/mol. The third-order valence-corrected chi connectivity index (χ3v) is 5.07. The SMILES string of the molecule is COc1cc(N=Nc2c(C)n[nH]c2C)c(OC)cc1N=Nc1cccc(S(=O)(=O)O)c1. The summed E-state index contributed by atoms with van der Waals surface area (Å²) in [5, 5.41) is 23.5. The standard InChI is InChI=1S/C19H20N6O5S/c1-11-19(12(2)21-20-11)25-24-16-10-17(29-3)15(9-18(16)30-4)23-22-13-6-5-7-14(8-13)31(26,27)28/h5-10H,1-4H3,(H,20,21)(H,26,27,28). The molecule has 2 N–H and O–H groups in total. The lowest BCUT2D eigenvalue weighted by Gasteiger charge is -2.09. The smallest absolute Gasteiger partial charge is 0.294 e. The van der Waals surface area contributed by atoms with Crippen LogP contribution in [0, 0.1) is 13.8 Å². The molecule has 0 spiro atoms. The number of benzene rings is 2. The largest absolute Gasteiger partial charge is 0.494 e. The Morgan fingerprint density at radius 2 is 1.55 bits per heavy atom. The Morgan fingerprint density at radius 1 is 0.935 bits per heavy atom. The van der Waals surface area contributed by atoms with Crippen molar-refractivity contribution in [2.24, 2.45) is 20.5 Å². The summed E-state index contributed by atoms with van der Waals surface area (Å²) in [4.78, 5) is -0.283. The highest BCUT2D eigenvalue weighted by Crippen LogP contribution is 2.41. The minimum Gasteiger partial charge on any atom is -0.494 e. The molecule has 0 aliphatic heterocycles. The number of methoxy groups -OCH3 is 2. The number of nitrogens with one attached hydrogen (secondary N) is 1. The monoisotopic (exact) mass is 444 g/mol. The van der Waals surface area contributed by atoms with Crippen LogP contribution in [0.25, 0.3) is 0 Å². The second kappa shape index (κ2) is 9.02. The molecule has 162 valence electrons. The first-order valence-electron chi connectivity index (χ1n) is 8.91. The van der Waals surface area contributed by atoms with Gasteiger partial charge in [0.25, 0.3) is 10.1 Å². The first kappa shape index (κ1) is 22.1. The molecule has 2 aromatic carbocycles. The van der Waals surface area contributed by atoms with Crippen molar-refractivity contribution in [2.75, 3.05) is 14.2 Å². The molecule has 1 aromatic heterocycles. The van der Waals surface area contributed by atoms with Crippen LogP contribution in [0.3, 0.4) is 0 Å². The highest BCUT2D eigenvalue weighted by atomic mass is 32.2. The van der Waals surface area contributed by atoms with Gasteiger partial charge in [0, 0.05) is 12.1 Å². The van der Waals surface area contributed by atoms with Gasteiger partial charge in [-0.15, -0.1) is 15.3 Å². The third-order valence-electron chi connectivity index (χ3n) is 4.22. The van der Waals surface area contributed by atoms with Gasteiger partial charge in [-0.25, -0.2) is 0 Å². The molecular weight excluding hydrogens is 424 g/mol. The van der Waals surface area contributed by atoms with Gasteiger partial charge in [0.2, 0.25) is 0 Å². The van der Waals surface area contributed by atoms with Crippen molar-refractivity contribution in [1.82, 2.24) is 10.2 Å². The van der Waals surface area contributed by atoms with Crippen molar-refractivity contribution in [3.05, 3.63) is 47.8 Å². The van der Waals surface area contributed by atoms with E-state index in [1.54, 1.807) is 18.2 Å². The maximum absolute atomic E-state index is 11.3. The Balaban J connectivity index is 1.96. The zero-order valence-corrected chi connectivity index (χ0v) is 18.0. The number of aromatic amines is 1. The van der Waals surface area contributed by atoms with Crippen LogP contribution in [0.15, 0.2) is 61.8 Å². The molecule has 0 bridgehead atoms. The molecule has 0 amide bonds. The van der Waals surface area contributed by atoms with Crippen molar-refractivity contribution in [3.63, 3.8) is 0 Å². The number of hydrogen-bond acceptors (Lipinski definition) is 9. The molecule has 3 rings (SSSR count). The fraction of sp³-hybridized carbons (Fsp3) is 0.211. The summed E-state index contributed by atoms with van der Waals surface area (Å²) in [5.41, 5.74) is 3.08. The molecule has 11 nitrogen and oxygen atoms in total. The van der Waals surface area contributed by atoms with Gasteiger partial charge in [-0.3, -0.25) is 9.65 Å². The van der Waals surface area contributed by atoms with Gasteiger partial charge in [0.15, 0.2) is 0 Å². The van der Waals surface area contributed by atoms with E-state index in [9.17, 15) is 13.0 Å². The summed E-state index contributed by atoms with van der Waals surface area (Å²) in [7, 11) is -1.40. The van der Waals surface area contributed by atoms with Gasteiger partial charge in [-0.05, 0) is 32.0 Å². The van der Waals surface area contributed by atoms with Crippen molar-refractivity contribution in [3.8, 4) is 11.5 Å². The summed E-state index contributed by atoms with van der Waals surface area (Å²) in [6.45, 7) is 3.66. The molecule has 0 saturated heterocycles. The zero-order valence-electron chi connectivity index (χ0n) is 17.2. The van der Waals surface area contributed by atoms with Crippen LogP contribution in [-0.4, -0.2) is 37.4 Å². The molecule has 12 heteroatoms. The molecule has 1 heterocycles. The molecule has 0 saturated carbocycles. The predicted octanol–water partition coefficient (Wildman–Crippen LogP) is 5.12. The summed E-state index contributed by atoms with van der Waals surface area (Å²) in [6.07, 6.45) is 0. The third kappa shape index (κ3) is 5.10. The summed E-state index contributed by atoms with van der Waals surface area (Å²) < 4.78 is 42.5. The van der Waals surface area contributed by atoms with Gasteiger partial charge >= 0.3 is 0 Å². The molecule has 0 unspecified atom stereocenters. The van der Waals surface area contributed by atoms with Crippen molar-refractivity contribution in [2.45, 2.75) is 18.7 Å². The van der Waals surface area contributed by atoms with Crippen LogP contribution >= 0.6 is 0 Å². The van der Waals surface area contributed by atoms with E-state index in [2.05, 4.69) is 30.7 Å². The van der Waals surface area contributed by atoms with E-state index < -0.39 is 10.1 Å². The fourth-order valence-electron chi connectivity index (χ4n) is 2.64. The number of hydrogen-bond donors (Lipinski definition) is 2. The maximum Gasteiger partial charge on any atom is 0.294 e. The minimum absolute atomic E-state index is 0.228. The Labute approximate surface area is 178 Å². The number of aryl methyl sites for hydroxylation is 2. The van der Waals surface area contributed by atoms with Crippen LogP contribution in [0.4, 0.5) is 22.7 Å². The highest BCUT2D eigenvalue weighted by Gasteiger charge is 2.13. The van der Waals surface area contributed by atoms with E-state index in [0.29, 0.717) is 34.3 Å². The van der Waals surface area contributed by atoms with Gasteiger partial charge < -0.3 is 9.47 Å². The van der Waals surface area contributed by atoms with E-state index in [-0.39, 0.29) is 10.6 Å². The molecule has 0 atom stereocenters. The molecule has 0 aliphatic carbocycles. The number of rotatable bonds is 7. The topological polar surface area (TPSA) is 151 Å². The second-order valence-electron chi connectivity index (χ2n) is 6.35. The Hall–Kier alpha value is -3.64. The Bertz CT molecular complexity index is 1250. The van der Waals surface area contributed by atoms with E-state index >= 15 is 0 Å². The molecule has 0 radical (unpaired) electrons. The van der Waals surface area contributed by atoms with Crippen LogP contribution in [0.2, 0.25) is 0 Å². The van der Waals surface area contributed by atoms with Gasteiger partial charge in [-0.1, -0.05) is 6.07 Å². The van der Waals surface area contributed by atoms with Crippen LogP contribution in [0.5, 0.6) is 11.5 Å². The second-order valence-corrected chi connectivity index (χ2v) is 7.77. The van der Waals surface area contributed by atoms with Crippen LogP contribution in [-0.2, 0) is 10.1 Å². The lowest BCUT2D eigenvalue weighted by atomic mass is 10.2. The van der Waals surface area contributed by atoms with Crippen molar-refractivity contribution in [1.29, 1.82) is 0 Å². The molecule has 0 fully saturated rings. The van der Waals surface area contributed by atoms with Crippen molar-refractivity contribution < 1.29 is 22.4 Å². The normalized spacial score (nSPS) is 12.0. The van der Waals surface area contributed by atoms with E-state index in [0.717, 1.165) is 5.69 Å². The number of H-pyrrole nitrogens is 1. The quantitative estimate of drug-likeness (QED) is 0.381. The average molecular weight is 444 g/mol. The first-order chi connectivity index (χ1) is 14.7. The molecular formula is C19H20N6O5S. The van der Waals surface area contributed by atoms with Gasteiger partial charge in [0.05, 0.1) is 36.2 Å². The first-order valence-corrected chi connectivity index (χ1v) is 10.4. The van der Waals surface area contributed by atoms with Crippen molar-refractivity contribution >= 4 is 32.9 Å². The Kier molecular flexibility index (Phi) is 6.42. The molecule has 3 aromatic rings. The highest BCUT2D eigenvalue weighted by molar-refractivity contribution is 7.85. The maximum atomic E-state index is 11.3. The van der Waals surface area contributed by atoms with E-state index in [1.807, 2.05) is 13.8 Å². The van der Waals surface area contributed by atoms with Crippen LogP contribution < -0.4 is 9.47 Å². The number of nitrogens with zero attached hydrogens (tertiary/aromatic N) is 5. The zero-order chi connectivity index (χ0) is 22.6. The fourth-order valence-corrected chi connectivity index (χ4v) is 3.16. The average Bonchev–Trinajstić information content (AvgIpc) is 3.07.